The highest BCUT2D eigenvalue weighted by Crippen LogP contribution is 2.32. The fourth-order valence-electron chi connectivity index (χ4n) is 5.11. The molecule has 2 fully saturated rings. The minimum Gasteiger partial charge on any atom is -0.379 e. The monoisotopic (exact) mass is 389 g/mol. The smallest absolute Gasteiger partial charge is 0.220 e. The second-order valence-electron chi connectivity index (χ2n) is 8.71. The van der Waals surface area contributed by atoms with Crippen LogP contribution in [0.5, 0.6) is 0 Å². The molecule has 1 saturated carbocycles. The number of amides is 1. The van der Waals surface area contributed by atoms with Crippen molar-refractivity contribution in [3.8, 4) is 0 Å². The maximum Gasteiger partial charge on any atom is 0.220 e. The summed E-state index contributed by atoms with van der Waals surface area (Å²) in [6.45, 7) is 4.00. The first-order valence-corrected chi connectivity index (χ1v) is 11.3. The molecule has 6 nitrogen and oxygen atoms in total. The van der Waals surface area contributed by atoms with Crippen LogP contribution in [-0.4, -0.2) is 47.8 Å². The average molecular weight is 390 g/mol. The molecule has 1 aliphatic heterocycles. The minimum absolute atomic E-state index is 0.0492. The van der Waals surface area contributed by atoms with Crippen molar-refractivity contribution in [2.24, 2.45) is 5.92 Å². The summed E-state index contributed by atoms with van der Waals surface area (Å²) in [6.07, 6.45) is 10.8. The number of hydrogen-bond donors (Lipinski definition) is 2. The second-order valence-corrected chi connectivity index (χ2v) is 8.71. The second kappa shape index (κ2) is 9.40. The van der Waals surface area contributed by atoms with Crippen LogP contribution in [0.4, 0.5) is 0 Å². The van der Waals surface area contributed by atoms with Gasteiger partial charge in [0, 0.05) is 43.7 Å². The lowest BCUT2D eigenvalue weighted by molar-refractivity contribution is -0.128. The molecule has 156 valence electrons. The number of aryl methyl sites for hydroxylation is 1. The highest BCUT2D eigenvalue weighted by Gasteiger charge is 2.30. The molecule has 3 atom stereocenters. The summed E-state index contributed by atoms with van der Waals surface area (Å²) in [7, 11) is 0. The summed E-state index contributed by atoms with van der Waals surface area (Å²) in [6, 6.07) is 0.213. The molecule has 2 heterocycles. The largest absolute Gasteiger partial charge is 0.379 e. The van der Waals surface area contributed by atoms with E-state index in [2.05, 4.69) is 10.3 Å². The molecule has 4 rings (SSSR count). The Balaban J connectivity index is 1.30. The molecule has 28 heavy (non-hydrogen) atoms. The molecule has 0 radical (unpaired) electrons. The number of nitrogens with zero attached hydrogens (tertiary/aromatic N) is 1. The standard InChI is InChI=1S/C22H35N3O3/c1-2-28-20-14-27-11-10-16(20)12-21(26)23-17-8-9-18-19(13-17)25-22(24-18)15-6-4-3-5-7-15/h15-17,20H,2-14H2,1H3,(H,23,26)(H,24,25). The van der Waals surface area contributed by atoms with Crippen molar-refractivity contribution in [2.45, 2.75) is 89.2 Å². The highest BCUT2D eigenvalue weighted by molar-refractivity contribution is 5.76. The molecule has 1 aromatic heterocycles. The average Bonchev–Trinajstić information content (AvgIpc) is 3.14. The Hall–Kier alpha value is -1.40. The van der Waals surface area contributed by atoms with Gasteiger partial charge >= 0.3 is 0 Å². The lowest BCUT2D eigenvalue weighted by Crippen LogP contribution is -2.42. The fourth-order valence-corrected chi connectivity index (χ4v) is 5.11. The van der Waals surface area contributed by atoms with Crippen LogP contribution in [0, 0.1) is 5.92 Å². The zero-order valence-corrected chi connectivity index (χ0v) is 17.2. The maximum atomic E-state index is 12.7. The van der Waals surface area contributed by atoms with Gasteiger partial charge in [0.2, 0.25) is 5.91 Å². The Bertz CT molecular complexity index is 651. The van der Waals surface area contributed by atoms with Gasteiger partial charge < -0.3 is 19.8 Å². The van der Waals surface area contributed by atoms with Crippen molar-refractivity contribution >= 4 is 5.91 Å². The van der Waals surface area contributed by atoms with Gasteiger partial charge in [0.15, 0.2) is 0 Å². The topological polar surface area (TPSA) is 76.2 Å². The molecule has 1 aromatic rings. The first-order valence-electron chi connectivity index (χ1n) is 11.3. The van der Waals surface area contributed by atoms with Gasteiger partial charge in [-0.3, -0.25) is 4.79 Å². The van der Waals surface area contributed by atoms with E-state index in [0.29, 0.717) is 25.6 Å². The number of hydrogen-bond acceptors (Lipinski definition) is 4. The zero-order valence-electron chi connectivity index (χ0n) is 17.2. The third-order valence-corrected chi connectivity index (χ3v) is 6.69. The number of carbonyl (C=O) groups is 1. The molecule has 1 amide bonds. The van der Waals surface area contributed by atoms with E-state index in [1.54, 1.807) is 0 Å². The van der Waals surface area contributed by atoms with E-state index in [1.807, 2.05) is 6.92 Å². The van der Waals surface area contributed by atoms with Crippen LogP contribution in [0.3, 0.4) is 0 Å². The van der Waals surface area contributed by atoms with Crippen molar-refractivity contribution in [2.75, 3.05) is 19.8 Å². The van der Waals surface area contributed by atoms with E-state index < -0.39 is 0 Å². The SMILES string of the molecule is CCOC1COCCC1CC(=O)NC1CCc2nc(C3CCCCC3)[nH]c2C1. The first-order chi connectivity index (χ1) is 13.7. The van der Waals surface area contributed by atoms with Gasteiger partial charge in [-0.25, -0.2) is 4.98 Å². The first kappa shape index (κ1) is 19.9. The van der Waals surface area contributed by atoms with Gasteiger partial charge in [0.1, 0.15) is 5.82 Å². The fraction of sp³-hybridized carbons (Fsp3) is 0.818. The Morgan fingerprint density at radius 1 is 1.25 bits per heavy atom. The number of imidazole rings is 1. The van der Waals surface area contributed by atoms with Crippen LogP contribution in [0.25, 0.3) is 0 Å². The minimum atomic E-state index is 0.0492. The summed E-state index contributed by atoms with van der Waals surface area (Å²) in [4.78, 5) is 21.2. The molecule has 6 heteroatoms. The van der Waals surface area contributed by atoms with Crippen molar-refractivity contribution in [1.82, 2.24) is 15.3 Å². The van der Waals surface area contributed by atoms with Gasteiger partial charge in [0.25, 0.3) is 0 Å². The van der Waals surface area contributed by atoms with Crippen molar-refractivity contribution in [3.05, 3.63) is 17.2 Å². The third kappa shape index (κ3) is 4.77. The number of nitrogens with one attached hydrogen (secondary N) is 2. The van der Waals surface area contributed by atoms with Crippen LogP contribution in [0.15, 0.2) is 0 Å². The Kier molecular flexibility index (Phi) is 6.68. The number of rotatable bonds is 6. The van der Waals surface area contributed by atoms with E-state index in [0.717, 1.165) is 32.3 Å². The quantitative estimate of drug-likeness (QED) is 0.783. The number of fused-ring (bicyclic) bond motifs is 1. The molecular formula is C22H35N3O3. The molecule has 0 aromatic carbocycles. The van der Waals surface area contributed by atoms with Crippen LogP contribution < -0.4 is 5.32 Å². The van der Waals surface area contributed by atoms with E-state index in [4.69, 9.17) is 14.5 Å². The van der Waals surface area contributed by atoms with E-state index in [9.17, 15) is 4.79 Å². The number of aromatic nitrogens is 2. The Morgan fingerprint density at radius 2 is 2.11 bits per heavy atom. The van der Waals surface area contributed by atoms with Gasteiger partial charge in [0.05, 0.1) is 18.4 Å². The van der Waals surface area contributed by atoms with Crippen molar-refractivity contribution in [1.29, 1.82) is 0 Å². The lowest BCUT2D eigenvalue weighted by atomic mass is 9.89. The van der Waals surface area contributed by atoms with Gasteiger partial charge in [-0.05, 0) is 44.9 Å². The Morgan fingerprint density at radius 3 is 2.93 bits per heavy atom. The van der Waals surface area contributed by atoms with E-state index in [1.165, 1.54) is 49.3 Å². The predicted octanol–water partition coefficient (Wildman–Crippen LogP) is 3.26. The lowest BCUT2D eigenvalue weighted by Gasteiger charge is -2.31. The normalized spacial score (nSPS) is 28.7. The molecule has 0 bridgehead atoms. The predicted molar refractivity (Wildman–Crippen MR) is 107 cm³/mol. The molecule has 1 saturated heterocycles. The maximum absolute atomic E-state index is 12.7. The zero-order chi connectivity index (χ0) is 19.3. The molecule has 2 N–H and O–H groups in total. The van der Waals surface area contributed by atoms with Crippen molar-refractivity contribution < 1.29 is 14.3 Å². The van der Waals surface area contributed by atoms with Crippen LogP contribution >= 0.6 is 0 Å². The van der Waals surface area contributed by atoms with Crippen LogP contribution in [-0.2, 0) is 27.1 Å². The number of carbonyl (C=O) groups excluding carboxylic acids is 1. The Labute approximate surface area is 168 Å². The van der Waals surface area contributed by atoms with E-state index >= 15 is 0 Å². The summed E-state index contributed by atoms with van der Waals surface area (Å²) >= 11 is 0. The van der Waals surface area contributed by atoms with Gasteiger partial charge in [-0.2, -0.15) is 0 Å². The summed E-state index contributed by atoms with van der Waals surface area (Å²) < 4.78 is 11.3. The highest BCUT2D eigenvalue weighted by atomic mass is 16.5. The number of aromatic amines is 1. The van der Waals surface area contributed by atoms with Crippen molar-refractivity contribution in [3.63, 3.8) is 0 Å². The van der Waals surface area contributed by atoms with Crippen LogP contribution in [0.1, 0.15) is 81.4 Å². The summed E-state index contributed by atoms with van der Waals surface area (Å²) in [5, 5.41) is 3.28. The number of H-pyrrole nitrogens is 1. The molecular weight excluding hydrogens is 354 g/mol. The van der Waals surface area contributed by atoms with Gasteiger partial charge in [-0.1, -0.05) is 19.3 Å². The molecule has 3 aliphatic rings. The third-order valence-electron chi connectivity index (χ3n) is 6.69. The van der Waals surface area contributed by atoms with E-state index in [-0.39, 0.29) is 24.0 Å². The summed E-state index contributed by atoms with van der Waals surface area (Å²) in [5.41, 5.74) is 2.47. The number of ether oxygens (including phenoxy) is 2. The molecule has 0 spiro atoms. The molecule has 2 aliphatic carbocycles. The van der Waals surface area contributed by atoms with Crippen LogP contribution in [0.2, 0.25) is 0 Å². The molecule has 3 unspecified atom stereocenters. The summed E-state index contributed by atoms with van der Waals surface area (Å²) in [5.74, 6) is 2.21. The van der Waals surface area contributed by atoms with Gasteiger partial charge in [-0.15, -0.1) is 0 Å².